The highest BCUT2D eigenvalue weighted by Crippen LogP contribution is 2.31. The van der Waals surface area contributed by atoms with E-state index in [1.54, 1.807) is 24.3 Å². The first-order valence-electron chi connectivity index (χ1n) is 8.18. The fraction of sp³-hybridized carbons (Fsp3) is 0.263. The van der Waals surface area contributed by atoms with Crippen molar-refractivity contribution in [1.82, 2.24) is 4.31 Å². The molecule has 7 heteroatoms. The lowest BCUT2D eigenvalue weighted by molar-refractivity contribution is -0.116. The van der Waals surface area contributed by atoms with E-state index in [1.807, 2.05) is 32.9 Å². The Labute approximate surface area is 152 Å². The van der Waals surface area contributed by atoms with Gasteiger partial charge < -0.3 is 5.32 Å². The quantitative estimate of drug-likeness (QED) is 0.898. The molecule has 1 aliphatic rings. The molecule has 136 valence electrons. The van der Waals surface area contributed by atoms with E-state index in [-0.39, 0.29) is 15.9 Å². The van der Waals surface area contributed by atoms with Gasteiger partial charge in [0.05, 0.1) is 5.56 Å². The largest absolute Gasteiger partial charge is 0.324 e. The van der Waals surface area contributed by atoms with Crippen LogP contribution in [0, 0.1) is 0 Å². The number of nitrogens with one attached hydrogen (secondary N) is 1. The molecule has 0 aromatic heterocycles. The maximum absolute atomic E-state index is 12.5. The van der Waals surface area contributed by atoms with Crippen LogP contribution in [-0.2, 0) is 20.2 Å². The molecule has 0 fully saturated rings. The summed E-state index contributed by atoms with van der Waals surface area (Å²) in [6, 6.07) is 13.3. The number of carbonyl (C=O) groups is 2. The Morgan fingerprint density at radius 3 is 2.31 bits per heavy atom. The number of rotatable bonds is 3. The smallest absolute Gasteiger partial charge is 0.269 e. The fourth-order valence-corrected chi connectivity index (χ4v) is 4.48. The summed E-state index contributed by atoms with van der Waals surface area (Å²) in [4.78, 5) is 24.8. The summed E-state index contributed by atoms with van der Waals surface area (Å²) in [5.41, 5.74) is 1.42. The molecule has 0 unspecified atom stereocenters. The lowest BCUT2D eigenvalue weighted by atomic mass is 9.86. The van der Waals surface area contributed by atoms with Gasteiger partial charge in [-0.05, 0) is 29.2 Å². The first kappa shape index (κ1) is 18.1. The van der Waals surface area contributed by atoms with Crippen molar-refractivity contribution in [2.24, 2.45) is 0 Å². The van der Waals surface area contributed by atoms with Gasteiger partial charge in [-0.25, -0.2) is 12.7 Å². The second-order valence-electron chi connectivity index (χ2n) is 7.16. The Morgan fingerprint density at radius 2 is 1.65 bits per heavy atom. The van der Waals surface area contributed by atoms with E-state index in [0.29, 0.717) is 9.99 Å². The first-order valence-corrected chi connectivity index (χ1v) is 9.62. The lowest BCUT2D eigenvalue weighted by Gasteiger charge is -2.23. The van der Waals surface area contributed by atoms with E-state index in [1.165, 1.54) is 12.1 Å². The van der Waals surface area contributed by atoms with Crippen LogP contribution in [0.4, 0.5) is 5.69 Å². The molecule has 0 atom stereocenters. The van der Waals surface area contributed by atoms with Crippen LogP contribution in [0.3, 0.4) is 0 Å². The third kappa shape index (κ3) is 3.10. The van der Waals surface area contributed by atoms with Crippen LogP contribution in [0.2, 0.25) is 0 Å². The summed E-state index contributed by atoms with van der Waals surface area (Å²) in [7, 11) is -4.00. The molecular weight excluding hydrogens is 352 g/mol. The van der Waals surface area contributed by atoms with Crippen LogP contribution >= 0.6 is 0 Å². The van der Waals surface area contributed by atoms with Gasteiger partial charge in [-0.2, -0.15) is 0 Å². The standard InChI is InChI=1S/C19H20N2O4S/c1-19(2,3)14-9-5-6-10-15(14)20-17(22)12-21-18(23)13-8-4-7-11-16(13)26(21,24)25/h4-11H,12H2,1-3H3,(H,20,22). The summed E-state index contributed by atoms with van der Waals surface area (Å²) in [6.07, 6.45) is 0. The van der Waals surface area contributed by atoms with Crippen molar-refractivity contribution in [2.45, 2.75) is 31.1 Å². The lowest BCUT2D eigenvalue weighted by Crippen LogP contribution is -2.37. The average Bonchev–Trinajstić information content (AvgIpc) is 2.76. The number of sulfonamides is 1. The molecule has 0 radical (unpaired) electrons. The van der Waals surface area contributed by atoms with E-state index >= 15 is 0 Å². The molecule has 1 N–H and O–H groups in total. The van der Waals surface area contributed by atoms with Gasteiger partial charge in [0.15, 0.2) is 0 Å². The summed E-state index contributed by atoms with van der Waals surface area (Å²) < 4.78 is 25.7. The number of amides is 2. The van der Waals surface area contributed by atoms with Gasteiger partial charge in [-0.3, -0.25) is 9.59 Å². The minimum absolute atomic E-state index is 0.0621. The Kier molecular flexibility index (Phi) is 4.36. The van der Waals surface area contributed by atoms with Crippen LogP contribution in [0.1, 0.15) is 36.7 Å². The number of fused-ring (bicyclic) bond motifs is 1. The van der Waals surface area contributed by atoms with Gasteiger partial charge in [-0.15, -0.1) is 0 Å². The van der Waals surface area contributed by atoms with E-state index in [2.05, 4.69) is 5.32 Å². The maximum atomic E-state index is 12.5. The summed E-state index contributed by atoms with van der Waals surface area (Å²) >= 11 is 0. The Hall–Kier alpha value is -2.67. The van der Waals surface area contributed by atoms with E-state index < -0.39 is 28.4 Å². The zero-order valence-electron chi connectivity index (χ0n) is 14.8. The average molecular weight is 372 g/mol. The minimum atomic E-state index is -4.00. The van der Waals surface area contributed by atoms with Crippen molar-refractivity contribution in [2.75, 3.05) is 11.9 Å². The van der Waals surface area contributed by atoms with Crippen molar-refractivity contribution in [3.63, 3.8) is 0 Å². The topological polar surface area (TPSA) is 83.6 Å². The number of hydrogen-bond acceptors (Lipinski definition) is 4. The molecule has 3 rings (SSSR count). The molecule has 0 saturated carbocycles. The molecule has 2 aromatic carbocycles. The summed E-state index contributed by atoms with van der Waals surface area (Å²) in [5.74, 6) is -1.24. The molecular formula is C19H20N2O4S. The van der Waals surface area contributed by atoms with Crippen molar-refractivity contribution < 1.29 is 18.0 Å². The molecule has 1 aliphatic heterocycles. The molecule has 0 saturated heterocycles. The first-order chi connectivity index (χ1) is 12.1. The monoisotopic (exact) mass is 372 g/mol. The fourth-order valence-electron chi connectivity index (χ4n) is 2.95. The van der Waals surface area contributed by atoms with Gasteiger partial charge in [0.2, 0.25) is 5.91 Å². The highest BCUT2D eigenvalue weighted by molar-refractivity contribution is 7.90. The highest BCUT2D eigenvalue weighted by Gasteiger charge is 2.41. The third-order valence-corrected chi connectivity index (χ3v) is 6.00. The Bertz CT molecular complexity index is 991. The van der Waals surface area contributed by atoms with E-state index in [4.69, 9.17) is 0 Å². The molecule has 2 amide bonds. The highest BCUT2D eigenvalue weighted by atomic mass is 32.2. The molecule has 6 nitrogen and oxygen atoms in total. The van der Waals surface area contributed by atoms with Crippen molar-refractivity contribution >= 4 is 27.5 Å². The van der Waals surface area contributed by atoms with Gasteiger partial charge in [0, 0.05) is 5.69 Å². The van der Waals surface area contributed by atoms with E-state index in [0.717, 1.165) is 5.56 Å². The van der Waals surface area contributed by atoms with Crippen LogP contribution in [0.15, 0.2) is 53.4 Å². The molecule has 26 heavy (non-hydrogen) atoms. The molecule has 0 bridgehead atoms. The van der Waals surface area contributed by atoms with Gasteiger partial charge in [0.25, 0.3) is 15.9 Å². The SMILES string of the molecule is CC(C)(C)c1ccccc1NC(=O)CN1C(=O)c2ccccc2S1(=O)=O. The number of anilines is 1. The van der Waals surface area contributed by atoms with Crippen molar-refractivity contribution in [3.8, 4) is 0 Å². The zero-order chi connectivity index (χ0) is 19.1. The number of hydrogen-bond donors (Lipinski definition) is 1. The predicted octanol–water partition coefficient (Wildman–Crippen LogP) is 2.77. The minimum Gasteiger partial charge on any atom is -0.324 e. The number of carbonyl (C=O) groups excluding carboxylic acids is 2. The summed E-state index contributed by atoms with van der Waals surface area (Å²) in [5, 5.41) is 2.73. The van der Waals surface area contributed by atoms with Crippen LogP contribution in [0.25, 0.3) is 0 Å². The third-order valence-electron chi connectivity index (χ3n) is 4.21. The van der Waals surface area contributed by atoms with Gasteiger partial charge in [-0.1, -0.05) is 51.1 Å². The Morgan fingerprint density at radius 1 is 1.04 bits per heavy atom. The second kappa shape index (κ2) is 6.25. The van der Waals surface area contributed by atoms with E-state index in [9.17, 15) is 18.0 Å². The number of benzene rings is 2. The number of nitrogens with zero attached hydrogens (tertiary/aromatic N) is 1. The van der Waals surface area contributed by atoms with Crippen molar-refractivity contribution in [3.05, 3.63) is 59.7 Å². The van der Waals surface area contributed by atoms with Crippen LogP contribution in [0.5, 0.6) is 0 Å². The molecule has 1 heterocycles. The zero-order valence-corrected chi connectivity index (χ0v) is 15.6. The Balaban J connectivity index is 1.84. The maximum Gasteiger partial charge on any atom is 0.269 e. The molecule has 0 aliphatic carbocycles. The van der Waals surface area contributed by atoms with Gasteiger partial charge >= 0.3 is 0 Å². The van der Waals surface area contributed by atoms with Crippen LogP contribution < -0.4 is 5.32 Å². The van der Waals surface area contributed by atoms with Crippen LogP contribution in [-0.4, -0.2) is 31.1 Å². The normalized spacial score (nSPS) is 15.7. The van der Waals surface area contributed by atoms with Crippen molar-refractivity contribution in [1.29, 1.82) is 0 Å². The summed E-state index contributed by atoms with van der Waals surface area (Å²) in [6.45, 7) is 5.49. The molecule has 0 spiro atoms. The second-order valence-corrected chi connectivity index (χ2v) is 8.99. The van der Waals surface area contributed by atoms with Gasteiger partial charge in [0.1, 0.15) is 11.4 Å². The predicted molar refractivity (Wildman–Crippen MR) is 98.4 cm³/mol. The number of para-hydroxylation sites is 1. The molecule has 2 aromatic rings.